The van der Waals surface area contributed by atoms with Crippen LogP contribution in [0.1, 0.15) is 20.8 Å². The summed E-state index contributed by atoms with van der Waals surface area (Å²) in [4.78, 5) is 16.3. The summed E-state index contributed by atoms with van der Waals surface area (Å²) < 4.78 is 0. The second-order valence-electron chi connectivity index (χ2n) is 5.27. The van der Waals surface area contributed by atoms with Gasteiger partial charge in [-0.25, -0.2) is 0 Å². The highest BCUT2D eigenvalue weighted by Gasteiger charge is 2.21. The maximum absolute atomic E-state index is 12.0. The minimum Gasteiger partial charge on any atom is -0.312 e. The molecule has 0 atom stereocenters. The largest absolute Gasteiger partial charge is 0.312 e. The summed E-state index contributed by atoms with van der Waals surface area (Å²) in [6.45, 7) is 6.61. The van der Waals surface area contributed by atoms with E-state index in [0.29, 0.717) is 6.54 Å². The number of amides is 1. The van der Waals surface area contributed by atoms with E-state index in [4.69, 9.17) is 5.53 Å². The van der Waals surface area contributed by atoms with E-state index in [1.807, 2.05) is 30.3 Å². The van der Waals surface area contributed by atoms with E-state index in [9.17, 15) is 4.79 Å². The molecule has 0 aliphatic rings. The monoisotopic (exact) mass is 246 g/mol. The van der Waals surface area contributed by atoms with Crippen LogP contribution in [0.3, 0.4) is 0 Å². The lowest BCUT2D eigenvalue weighted by Gasteiger charge is -2.29. The maximum atomic E-state index is 12.0. The van der Waals surface area contributed by atoms with Crippen LogP contribution in [0.4, 0.5) is 5.69 Å². The van der Waals surface area contributed by atoms with Gasteiger partial charge in [-0.1, -0.05) is 44.1 Å². The number of anilines is 1. The molecule has 0 aliphatic carbocycles. The average molecular weight is 246 g/mol. The average Bonchev–Trinajstić information content (AvgIpc) is 2.33. The molecule has 0 fully saturated rings. The lowest BCUT2D eigenvalue weighted by molar-refractivity contribution is -0.117. The summed E-state index contributed by atoms with van der Waals surface area (Å²) in [5, 5.41) is 3.34. The molecule has 1 aromatic carbocycles. The number of azide groups is 1. The molecule has 1 amide bonds. The van der Waals surface area contributed by atoms with Crippen molar-refractivity contribution in [1.29, 1.82) is 0 Å². The Hall–Kier alpha value is -2.00. The minimum absolute atomic E-state index is 0.0259. The fourth-order valence-electron chi connectivity index (χ4n) is 1.58. The van der Waals surface area contributed by atoms with Crippen molar-refractivity contribution in [3.63, 3.8) is 0 Å². The Morgan fingerprint density at radius 2 is 1.94 bits per heavy atom. The van der Waals surface area contributed by atoms with Gasteiger partial charge >= 0.3 is 0 Å². The third-order valence-corrected chi connectivity index (χ3v) is 2.27. The smallest absolute Gasteiger partial charge is 0.232 e. The van der Waals surface area contributed by atoms with E-state index < -0.39 is 0 Å². The molecule has 0 aliphatic heterocycles. The first-order valence-electron chi connectivity index (χ1n) is 5.80. The van der Waals surface area contributed by atoms with Crippen molar-refractivity contribution in [2.24, 2.45) is 10.5 Å². The number of hydrogen-bond donors (Lipinski definition) is 0. The minimum atomic E-state index is -0.186. The van der Waals surface area contributed by atoms with Crippen LogP contribution >= 0.6 is 0 Å². The summed E-state index contributed by atoms with van der Waals surface area (Å²) in [6.07, 6.45) is 0. The van der Waals surface area contributed by atoms with Crippen LogP contribution in [0.5, 0.6) is 0 Å². The van der Waals surface area contributed by atoms with Crippen LogP contribution < -0.4 is 4.90 Å². The van der Waals surface area contributed by atoms with E-state index in [1.54, 1.807) is 4.90 Å². The molecular formula is C13H18N4O. The molecule has 0 heterocycles. The second kappa shape index (κ2) is 6.07. The molecule has 0 unspecified atom stereocenters. The fourth-order valence-corrected chi connectivity index (χ4v) is 1.58. The molecule has 5 heteroatoms. The molecular weight excluding hydrogens is 228 g/mol. The van der Waals surface area contributed by atoms with Crippen LogP contribution in [-0.2, 0) is 4.79 Å². The first-order valence-corrected chi connectivity index (χ1v) is 5.80. The van der Waals surface area contributed by atoms with E-state index in [-0.39, 0.29) is 17.9 Å². The molecule has 0 saturated heterocycles. The standard InChI is InChI=1S/C13H18N4O/c1-13(2,3)10-17(12(18)9-15-16-14)11-7-5-4-6-8-11/h4-8H,9-10H2,1-3H3. The van der Waals surface area contributed by atoms with Gasteiger partial charge in [0.25, 0.3) is 0 Å². The predicted molar refractivity (Wildman–Crippen MR) is 72.3 cm³/mol. The van der Waals surface area contributed by atoms with Crippen LogP contribution in [-0.4, -0.2) is 19.0 Å². The molecule has 0 spiro atoms. The Balaban J connectivity index is 2.95. The number of carbonyl (C=O) groups excluding carboxylic acids is 1. The molecule has 0 radical (unpaired) electrons. The molecule has 0 N–H and O–H groups in total. The highest BCUT2D eigenvalue weighted by Crippen LogP contribution is 2.21. The van der Waals surface area contributed by atoms with Crippen molar-refractivity contribution in [3.8, 4) is 0 Å². The Labute approximate surface area is 107 Å². The van der Waals surface area contributed by atoms with Crippen LogP contribution in [0.15, 0.2) is 35.4 Å². The van der Waals surface area contributed by atoms with Gasteiger partial charge in [0.05, 0.1) is 0 Å². The zero-order chi connectivity index (χ0) is 13.6. The predicted octanol–water partition coefficient (Wildman–Crippen LogP) is 3.38. The topological polar surface area (TPSA) is 69.1 Å². The SMILES string of the molecule is CC(C)(C)CN(C(=O)CN=[N+]=[N-])c1ccccc1. The van der Waals surface area contributed by atoms with Gasteiger partial charge in [-0.15, -0.1) is 0 Å². The van der Waals surface area contributed by atoms with Crippen molar-refractivity contribution < 1.29 is 4.79 Å². The third-order valence-electron chi connectivity index (χ3n) is 2.27. The van der Waals surface area contributed by atoms with Crippen molar-refractivity contribution in [2.75, 3.05) is 18.0 Å². The molecule has 0 saturated carbocycles. The van der Waals surface area contributed by atoms with Crippen molar-refractivity contribution in [3.05, 3.63) is 40.8 Å². The molecule has 0 aromatic heterocycles. The lowest BCUT2D eigenvalue weighted by atomic mass is 9.95. The number of para-hydroxylation sites is 1. The van der Waals surface area contributed by atoms with Gasteiger partial charge in [0, 0.05) is 17.1 Å². The fraction of sp³-hybridized carbons (Fsp3) is 0.462. The number of carbonyl (C=O) groups is 1. The Bertz CT molecular complexity index is 444. The summed E-state index contributed by atoms with van der Waals surface area (Å²) >= 11 is 0. The molecule has 0 bridgehead atoms. The van der Waals surface area contributed by atoms with Gasteiger partial charge in [0.15, 0.2) is 0 Å². The highest BCUT2D eigenvalue weighted by molar-refractivity contribution is 5.94. The Kier molecular flexibility index (Phi) is 4.75. The Morgan fingerprint density at radius 3 is 2.44 bits per heavy atom. The Morgan fingerprint density at radius 1 is 1.33 bits per heavy atom. The van der Waals surface area contributed by atoms with Crippen LogP contribution in [0.25, 0.3) is 10.4 Å². The van der Waals surface area contributed by atoms with E-state index in [2.05, 4.69) is 30.8 Å². The van der Waals surface area contributed by atoms with Gasteiger partial charge in [0.2, 0.25) is 5.91 Å². The normalized spacial score (nSPS) is 10.6. The lowest BCUT2D eigenvalue weighted by Crippen LogP contribution is -2.39. The molecule has 1 aromatic rings. The van der Waals surface area contributed by atoms with E-state index >= 15 is 0 Å². The quantitative estimate of drug-likeness (QED) is 0.456. The summed E-state index contributed by atoms with van der Waals surface area (Å²) in [6, 6.07) is 9.41. The van der Waals surface area contributed by atoms with E-state index in [0.717, 1.165) is 5.69 Å². The van der Waals surface area contributed by atoms with Gasteiger partial charge in [0.1, 0.15) is 6.54 Å². The molecule has 5 nitrogen and oxygen atoms in total. The van der Waals surface area contributed by atoms with Gasteiger partial charge < -0.3 is 4.90 Å². The van der Waals surface area contributed by atoms with Crippen LogP contribution in [0.2, 0.25) is 0 Å². The van der Waals surface area contributed by atoms with Crippen molar-refractivity contribution in [2.45, 2.75) is 20.8 Å². The second-order valence-corrected chi connectivity index (χ2v) is 5.27. The number of nitrogens with zero attached hydrogens (tertiary/aromatic N) is 4. The highest BCUT2D eigenvalue weighted by atomic mass is 16.2. The first kappa shape index (κ1) is 14.1. The maximum Gasteiger partial charge on any atom is 0.232 e. The van der Waals surface area contributed by atoms with E-state index in [1.165, 1.54) is 0 Å². The summed E-state index contributed by atoms with van der Waals surface area (Å²) in [5.74, 6) is -0.186. The zero-order valence-corrected chi connectivity index (χ0v) is 11.0. The number of rotatable bonds is 4. The third kappa shape index (κ3) is 4.47. The number of benzene rings is 1. The number of hydrogen-bond acceptors (Lipinski definition) is 2. The van der Waals surface area contributed by atoms with Crippen molar-refractivity contribution in [1.82, 2.24) is 0 Å². The van der Waals surface area contributed by atoms with Crippen LogP contribution in [0, 0.1) is 5.41 Å². The summed E-state index contributed by atoms with van der Waals surface area (Å²) in [5.41, 5.74) is 9.09. The molecule has 96 valence electrons. The van der Waals surface area contributed by atoms with Gasteiger partial charge in [-0.3, -0.25) is 4.79 Å². The molecule has 18 heavy (non-hydrogen) atoms. The molecule has 1 rings (SSSR count). The van der Waals surface area contributed by atoms with Gasteiger partial charge in [-0.05, 0) is 23.1 Å². The van der Waals surface area contributed by atoms with Gasteiger partial charge in [-0.2, -0.15) is 0 Å². The zero-order valence-electron chi connectivity index (χ0n) is 11.0. The summed E-state index contributed by atoms with van der Waals surface area (Å²) in [7, 11) is 0. The van der Waals surface area contributed by atoms with Crippen molar-refractivity contribution >= 4 is 11.6 Å². The first-order chi connectivity index (χ1) is 8.44.